The normalized spacial score (nSPS) is 9.71. The zero-order chi connectivity index (χ0) is 18.6. The number of rotatable bonds is 10. The Morgan fingerprint density at radius 3 is 1.08 bits per heavy atom. The molecule has 0 amide bonds. The minimum Gasteiger partial charge on any atom is -0.481 e. The van der Waals surface area contributed by atoms with Crippen LogP contribution < -0.4 is 6.15 Å². The summed E-state index contributed by atoms with van der Waals surface area (Å²) >= 11 is 0. The SMILES string of the molecule is N.O=C(O)CC(O)(CC(=O)O)C(=O)O.O=C(O)CCCCC(=O)O. The number of hydrogen-bond acceptors (Lipinski definition) is 7. The van der Waals surface area contributed by atoms with Crippen LogP contribution in [-0.2, 0) is 24.0 Å². The second-order valence-electron chi connectivity index (χ2n) is 4.47. The van der Waals surface area contributed by atoms with E-state index >= 15 is 0 Å². The van der Waals surface area contributed by atoms with Gasteiger partial charge in [0.15, 0.2) is 5.60 Å². The van der Waals surface area contributed by atoms with Crippen LogP contribution in [0.25, 0.3) is 0 Å². The number of carboxylic acids is 5. The van der Waals surface area contributed by atoms with Crippen LogP contribution in [0.2, 0.25) is 0 Å². The third kappa shape index (κ3) is 15.7. The van der Waals surface area contributed by atoms with Crippen LogP contribution in [0.5, 0.6) is 0 Å². The van der Waals surface area contributed by atoms with Crippen LogP contribution in [-0.4, -0.2) is 66.1 Å². The molecule has 0 radical (unpaired) electrons. The van der Waals surface area contributed by atoms with Gasteiger partial charge < -0.3 is 36.8 Å². The lowest BCUT2D eigenvalue weighted by Gasteiger charge is -2.18. The molecule has 0 saturated carbocycles. The summed E-state index contributed by atoms with van der Waals surface area (Å²) < 4.78 is 0. The number of carboxylic acid groups (broad SMARTS) is 5. The van der Waals surface area contributed by atoms with Crippen molar-refractivity contribution in [1.82, 2.24) is 6.15 Å². The zero-order valence-electron chi connectivity index (χ0n) is 12.7. The maximum Gasteiger partial charge on any atom is 0.336 e. The van der Waals surface area contributed by atoms with E-state index in [1.165, 1.54) is 0 Å². The summed E-state index contributed by atoms with van der Waals surface area (Å²) in [6.07, 6.45) is -1.27. The highest BCUT2D eigenvalue weighted by Gasteiger charge is 2.40. The average Bonchev–Trinajstić information content (AvgIpc) is 2.32. The van der Waals surface area contributed by atoms with Crippen molar-refractivity contribution in [2.24, 2.45) is 0 Å². The lowest BCUT2D eigenvalue weighted by atomic mass is 9.96. The van der Waals surface area contributed by atoms with Gasteiger partial charge in [-0.15, -0.1) is 0 Å². The van der Waals surface area contributed by atoms with Crippen molar-refractivity contribution in [3.8, 4) is 0 Å². The van der Waals surface area contributed by atoms with Gasteiger partial charge in [0, 0.05) is 12.8 Å². The number of carbonyl (C=O) groups is 5. The van der Waals surface area contributed by atoms with Crippen LogP contribution in [0.4, 0.5) is 0 Å². The van der Waals surface area contributed by atoms with Crippen LogP contribution in [0.1, 0.15) is 38.5 Å². The van der Waals surface area contributed by atoms with Gasteiger partial charge in [-0.2, -0.15) is 0 Å². The Morgan fingerprint density at radius 2 is 0.917 bits per heavy atom. The van der Waals surface area contributed by atoms with Gasteiger partial charge in [-0.1, -0.05) is 0 Å². The third-order valence-corrected chi connectivity index (χ3v) is 2.32. The summed E-state index contributed by atoms with van der Waals surface area (Å²) in [4.78, 5) is 50.3. The number of aliphatic carboxylic acids is 5. The van der Waals surface area contributed by atoms with Crippen molar-refractivity contribution >= 4 is 29.8 Å². The van der Waals surface area contributed by atoms with E-state index in [4.69, 9.17) is 30.6 Å². The molecule has 0 aromatic heterocycles. The molecular formula is C12H21NO11. The maximum absolute atomic E-state index is 10.3. The first-order valence-electron chi connectivity index (χ1n) is 6.23. The molecule has 9 N–H and O–H groups in total. The topological polar surface area (TPSA) is 242 Å². The van der Waals surface area contributed by atoms with E-state index < -0.39 is 48.3 Å². The standard InChI is InChI=1S/C6H8O7.C6H10O4.H3N/c7-3(8)1-6(13,5(11)12)2-4(9)10;7-5(8)3-1-2-4-6(9)10;/h13H,1-2H2,(H,7,8)(H,9,10)(H,11,12);1-4H2,(H,7,8)(H,9,10);1H3. The van der Waals surface area contributed by atoms with Crippen LogP contribution >= 0.6 is 0 Å². The summed E-state index contributed by atoms with van der Waals surface area (Å²) in [5.74, 6) is -6.76. The third-order valence-electron chi connectivity index (χ3n) is 2.32. The minimum atomic E-state index is -2.74. The lowest BCUT2D eigenvalue weighted by Crippen LogP contribution is -2.42. The van der Waals surface area contributed by atoms with Gasteiger partial charge in [0.05, 0.1) is 12.8 Å². The molecular weight excluding hydrogens is 334 g/mol. The molecule has 0 spiro atoms. The Kier molecular flexibility index (Phi) is 13.9. The first-order chi connectivity index (χ1) is 10.4. The molecule has 140 valence electrons. The van der Waals surface area contributed by atoms with Gasteiger partial charge in [-0.05, 0) is 12.8 Å². The molecule has 0 aliphatic heterocycles. The highest BCUT2D eigenvalue weighted by atomic mass is 16.4. The van der Waals surface area contributed by atoms with E-state index in [-0.39, 0.29) is 19.0 Å². The maximum atomic E-state index is 10.3. The fourth-order valence-electron chi connectivity index (χ4n) is 1.27. The van der Waals surface area contributed by atoms with Gasteiger partial charge in [0.1, 0.15) is 0 Å². The van der Waals surface area contributed by atoms with E-state index in [0.717, 1.165) is 0 Å². The molecule has 12 nitrogen and oxygen atoms in total. The predicted octanol–water partition coefficient (Wildman–Crippen LogP) is -0.371. The summed E-state index contributed by atoms with van der Waals surface area (Å²) in [7, 11) is 0. The van der Waals surface area contributed by atoms with Crippen molar-refractivity contribution in [2.75, 3.05) is 0 Å². The molecule has 0 aliphatic carbocycles. The van der Waals surface area contributed by atoms with E-state index in [9.17, 15) is 24.0 Å². The molecule has 0 atom stereocenters. The Hall–Kier alpha value is -2.73. The van der Waals surface area contributed by atoms with Crippen molar-refractivity contribution in [3.05, 3.63) is 0 Å². The van der Waals surface area contributed by atoms with Crippen molar-refractivity contribution in [1.29, 1.82) is 0 Å². The quantitative estimate of drug-likeness (QED) is 0.248. The molecule has 0 aliphatic rings. The molecule has 0 aromatic rings. The molecule has 0 aromatic carbocycles. The molecule has 24 heavy (non-hydrogen) atoms. The van der Waals surface area contributed by atoms with Crippen LogP contribution in [0, 0.1) is 0 Å². The Morgan fingerprint density at radius 1 is 0.625 bits per heavy atom. The molecule has 0 bridgehead atoms. The number of unbranched alkanes of at least 4 members (excludes halogenated alkanes) is 1. The van der Waals surface area contributed by atoms with Crippen LogP contribution in [0.3, 0.4) is 0 Å². The van der Waals surface area contributed by atoms with Gasteiger partial charge in [-0.3, -0.25) is 19.2 Å². The van der Waals surface area contributed by atoms with Crippen LogP contribution in [0.15, 0.2) is 0 Å². The van der Waals surface area contributed by atoms with Gasteiger partial charge in [0.25, 0.3) is 0 Å². The largest absolute Gasteiger partial charge is 0.481 e. The lowest BCUT2D eigenvalue weighted by molar-refractivity contribution is -0.170. The fraction of sp³-hybridized carbons (Fsp3) is 0.583. The summed E-state index contributed by atoms with van der Waals surface area (Å²) in [5, 5.41) is 50.1. The first-order valence-corrected chi connectivity index (χ1v) is 6.23. The second-order valence-corrected chi connectivity index (χ2v) is 4.47. The van der Waals surface area contributed by atoms with E-state index in [2.05, 4.69) is 0 Å². The molecule has 0 rings (SSSR count). The van der Waals surface area contributed by atoms with Gasteiger partial charge in [0.2, 0.25) is 0 Å². The van der Waals surface area contributed by atoms with Gasteiger partial charge >= 0.3 is 29.8 Å². The Labute approximate surface area is 135 Å². The predicted molar refractivity (Wildman–Crippen MR) is 75.9 cm³/mol. The molecule has 0 fully saturated rings. The highest BCUT2D eigenvalue weighted by molar-refractivity contribution is 5.88. The second kappa shape index (κ2) is 12.8. The van der Waals surface area contributed by atoms with Crippen molar-refractivity contribution < 1.29 is 54.6 Å². The minimum absolute atomic E-state index is 0. The molecule has 12 heteroatoms. The molecule has 0 saturated heterocycles. The first kappa shape index (κ1) is 26.2. The summed E-state index contributed by atoms with van der Waals surface area (Å²) in [5.41, 5.74) is -2.74. The monoisotopic (exact) mass is 355 g/mol. The van der Waals surface area contributed by atoms with E-state index in [1.807, 2.05) is 0 Å². The van der Waals surface area contributed by atoms with E-state index in [1.54, 1.807) is 0 Å². The molecule has 0 unspecified atom stereocenters. The Balaban J connectivity index is -0.000000364. The van der Waals surface area contributed by atoms with Crippen molar-refractivity contribution in [2.45, 2.75) is 44.1 Å². The number of hydrogen-bond donors (Lipinski definition) is 7. The Bertz CT molecular complexity index is 428. The highest BCUT2D eigenvalue weighted by Crippen LogP contribution is 2.15. The van der Waals surface area contributed by atoms with Crippen molar-refractivity contribution in [3.63, 3.8) is 0 Å². The fourth-order valence-corrected chi connectivity index (χ4v) is 1.27. The van der Waals surface area contributed by atoms with Gasteiger partial charge in [-0.25, -0.2) is 4.79 Å². The zero-order valence-corrected chi connectivity index (χ0v) is 12.7. The van der Waals surface area contributed by atoms with E-state index in [0.29, 0.717) is 12.8 Å². The molecule has 0 heterocycles. The summed E-state index contributed by atoms with van der Waals surface area (Å²) in [6, 6.07) is 0. The average molecular weight is 355 g/mol. The number of aliphatic hydroxyl groups is 1. The smallest absolute Gasteiger partial charge is 0.336 e. The summed E-state index contributed by atoms with van der Waals surface area (Å²) in [6.45, 7) is 0.